The van der Waals surface area contributed by atoms with Crippen molar-refractivity contribution in [1.82, 2.24) is 0 Å². The van der Waals surface area contributed by atoms with Crippen LogP contribution in [0.1, 0.15) is 16.9 Å². The second-order valence-electron chi connectivity index (χ2n) is 3.27. The summed E-state index contributed by atoms with van der Waals surface area (Å²) in [7, 11) is 0. The second-order valence-corrected chi connectivity index (χ2v) is 5.29. The summed E-state index contributed by atoms with van der Waals surface area (Å²) in [5.41, 5.74) is 0.730. The minimum atomic E-state index is -0.511. The van der Waals surface area contributed by atoms with E-state index in [1.165, 1.54) is 10.4 Å². The van der Waals surface area contributed by atoms with E-state index >= 15 is 0 Å². The van der Waals surface area contributed by atoms with Gasteiger partial charge in [-0.15, -0.1) is 11.3 Å². The van der Waals surface area contributed by atoms with Crippen molar-refractivity contribution in [1.29, 1.82) is 0 Å². The van der Waals surface area contributed by atoms with Gasteiger partial charge in [0.2, 0.25) is 0 Å². The zero-order chi connectivity index (χ0) is 8.60. The van der Waals surface area contributed by atoms with Crippen LogP contribution in [-0.2, 0) is 5.60 Å². The molecule has 1 N–H and O–H groups in total. The van der Waals surface area contributed by atoms with Crippen molar-refractivity contribution in [2.24, 2.45) is 0 Å². The lowest BCUT2D eigenvalue weighted by molar-refractivity contribution is 0.0691. The maximum atomic E-state index is 10.2. The first-order chi connectivity index (χ1) is 5.72. The Hall–Kier alpha value is 0.01000. The molecule has 1 atom stereocenters. The maximum absolute atomic E-state index is 10.2. The SMILES string of the molecule is Cc1ccsc1C1(O)CCSC1. The first-order valence-corrected chi connectivity index (χ1v) is 6.10. The van der Waals surface area contributed by atoms with Crippen LogP contribution in [0.2, 0.25) is 0 Å². The van der Waals surface area contributed by atoms with Crippen LogP contribution in [0.4, 0.5) is 0 Å². The number of hydrogen-bond acceptors (Lipinski definition) is 3. The fraction of sp³-hybridized carbons (Fsp3) is 0.556. The van der Waals surface area contributed by atoms with Crippen molar-refractivity contribution in [3.8, 4) is 0 Å². The monoisotopic (exact) mass is 200 g/mol. The van der Waals surface area contributed by atoms with E-state index in [-0.39, 0.29) is 0 Å². The quantitative estimate of drug-likeness (QED) is 0.751. The van der Waals surface area contributed by atoms with Crippen LogP contribution >= 0.6 is 23.1 Å². The van der Waals surface area contributed by atoms with Crippen molar-refractivity contribution in [2.45, 2.75) is 18.9 Å². The molecule has 66 valence electrons. The number of thiophene rings is 1. The zero-order valence-electron chi connectivity index (χ0n) is 7.04. The molecule has 3 heteroatoms. The topological polar surface area (TPSA) is 20.2 Å². The van der Waals surface area contributed by atoms with Crippen molar-refractivity contribution < 1.29 is 5.11 Å². The van der Waals surface area contributed by atoms with E-state index in [2.05, 4.69) is 18.4 Å². The molecule has 2 rings (SSSR count). The molecule has 0 radical (unpaired) electrons. The molecular weight excluding hydrogens is 188 g/mol. The van der Waals surface area contributed by atoms with Gasteiger partial charge in [0, 0.05) is 10.6 Å². The van der Waals surface area contributed by atoms with E-state index in [0.717, 1.165) is 17.9 Å². The number of thioether (sulfide) groups is 1. The van der Waals surface area contributed by atoms with Crippen LogP contribution in [0.25, 0.3) is 0 Å². The molecule has 1 nitrogen and oxygen atoms in total. The summed E-state index contributed by atoms with van der Waals surface area (Å²) in [5.74, 6) is 1.96. The zero-order valence-corrected chi connectivity index (χ0v) is 8.67. The normalized spacial score (nSPS) is 29.5. The summed E-state index contributed by atoms with van der Waals surface area (Å²) >= 11 is 3.53. The average Bonchev–Trinajstić information content (AvgIpc) is 2.59. The highest BCUT2D eigenvalue weighted by Gasteiger charge is 2.35. The van der Waals surface area contributed by atoms with E-state index in [0.29, 0.717) is 0 Å². The number of aryl methyl sites for hydroxylation is 1. The molecule has 0 aliphatic carbocycles. The fourth-order valence-electron chi connectivity index (χ4n) is 1.58. The Morgan fingerprint density at radius 3 is 2.92 bits per heavy atom. The molecule has 1 unspecified atom stereocenters. The molecule has 1 aliphatic rings. The Morgan fingerprint density at radius 2 is 2.42 bits per heavy atom. The lowest BCUT2D eigenvalue weighted by atomic mass is 9.99. The van der Waals surface area contributed by atoms with E-state index < -0.39 is 5.60 Å². The first kappa shape index (κ1) is 8.60. The van der Waals surface area contributed by atoms with Gasteiger partial charge in [0.1, 0.15) is 5.60 Å². The Balaban J connectivity index is 2.34. The summed E-state index contributed by atoms with van der Waals surface area (Å²) in [5, 5.41) is 12.3. The van der Waals surface area contributed by atoms with Gasteiger partial charge in [0.15, 0.2) is 0 Å². The predicted molar refractivity (Wildman–Crippen MR) is 54.9 cm³/mol. The predicted octanol–water partition coefficient (Wildman–Crippen LogP) is 2.38. The highest BCUT2D eigenvalue weighted by Crippen LogP contribution is 2.40. The van der Waals surface area contributed by atoms with Crippen LogP contribution in [0.15, 0.2) is 11.4 Å². The Labute approximate surface area is 80.8 Å². The Bertz CT molecular complexity index is 274. The lowest BCUT2D eigenvalue weighted by Gasteiger charge is -2.20. The van der Waals surface area contributed by atoms with E-state index in [4.69, 9.17) is 0 Å². The van der Waals surface area contributed by atoms with Crippen molar-refractivity contribution >= 4 is 23.1 Å². The van der Waals surface area contributed by atoms with Crippen LogP contribution < -0.4 is 0 Å². The van der Waals surface area contributed by atoms with Crippen LogP contribution in [-0.4, -0.2) is 16.6 Å². The second kappa shape index (κ2) is 3.05. The number of aliphatic hydroxyl groups is 1. The molecule has 1 aliphatic heterocycles. The molecule has 2 heterocycles. The number of hydrogen-bond donors (Lipinski definition) is 1. The molecular formula is C9H12OS2. The molecule has 0 spiro atoms. The Kier molecular flexibility index (Phi) is 2.19. The smallest absolute Gasteiger partial charge is 0.109 e. The Morgan fingerprint density at radius 1 is 1.58 bits per heavy atom. The van der Waals surface area contributed by atoms with Gasteiger partial charge in [0.25, 0.3) is 0 Å². The van der Waals surface area contributed by atoms with E-state index in [1.54, 1.807) is 11.3 Å². The molecule has 1 fully saturated rings. The van der Waals surface area contributed by atoms with Gasteiger partial charge in [-0.2, -0.15) is 11.8 Å². The van der Waals surface area contributed by atoms with Gasteiger partial charge < -0.3 is 5.11 Å². The number of rotatable bonds is 1. The summed E-state index contributed by atoms with van der Waals surface area (Å²) < 4.78 is 0. The fourth-order valence-corrected chi connectivity index (χ4v) is 3.98. The third kappa shape index (κ3) is 1.30. The van der Waals surface area contributed by atoms with E-state index in [1.807, 2.05) is 11.8 Å². The van der Waals surface area contributed by atoms with Crippen LogP contribution in [0.5, 0.6) is 0 Å². The molecule has 1 aromatic heterocycles. The lowest BCUT2D eigenvalue weighted by Crippen LogP contribution is -2.24. The summed E-state index contributed by atoms with van der Waals surface area (Å²) in [4.78, 5) is 1.17. The summed E-state index contributed by atoms with van der Waals surface area (Å²) in [6.07, 6.45) is 0.916. The standard InChI is InChI=1S/C9H12OS2/c1-7-2-4-12-8(7)9(10)3-5-11-6-9/h2,4,10H,3,5-6H2,1H3. The molecule has 0 bridgehead atoms. The first-order valence-electron chi connectivity index (χ1n) is 4.07. The van der Waals surface area contributed by atoms with Gasteiger partial charge >= 0.3 is 0 Å². The molecule has 0 amide bonds. The van der Waals surface area contributed by atoms with Gasteiger partial charge in [-0.3, -0.25) is 0 Å². The maximum Gasteiger partial charge on any atom is 0.109 e. The molecule has 1 saturated heterocycles. The van der Waals surface area contributed by atoms with Gasteiger partial charge in [-0.25, -0.2) is 0 Å². The van der Waals surface area contributed by atoms with Crippen molar-refractivity contribution in [3.05, 3.63) is 21.9 Å². The highest BCUT2D eigenvalue weighted by molar-refractivity contribution is 7.99. The van der Waals surface area contributed by atoms with Gasteiger partial charge in [-0.1, -0.05) is 0 Å². The third-order valence-electron chi connectivity index (χ3n) is 2.29. The van der Waals surface area contributed by atoms with Gasteiger partial charge in [0.05, 0.1) is 0 Å². The average molecular weight is 200 g/mol. The molecule has 1 aromatic rings. The van der Waals surface area contributed by atoms with Crippen LogP contribution in [0, 0.1) is 6.92 Å². The van der Waals surface area contributed by atoms with Crippen molar-refractivity contribution in [3.63, 3.8) is 0 Å². The highest BCUT2D eigenvalue weighted by atomic mass is 32.2. The van der Waals surface area contributed by atoms with Crippen molar-refractivity contribution in [2.75, 3.05) is 11.5 Å². The summed E-state index contributed by atoms with van der Waals surface area (Å²) in [6.45, 7) is 2.08. The van der Waals surface area contributed by atoms with E-state index in [9.17, 15) is 5.11 Å². The molecule has 12 heavy (non-hydrogen) atoms. The summed E-state index contributed by atoms with van der Waals surface area (Å²) in [6, 6.07) is 2.08. The molecule has 0 aromatic carbocycles. The third-order valence-corrected chi connectivity index (χ3v) is 4.67. The van der Waals surface area contributed by atoms with Crippen LogP contribution in [0.3, 0.4) is 0 Å². The minimum Gasteiger partial charge on any atom is -0.383 e. The van der Waals surface area contributed by atoms with Gasteiger partial charge in [-0.05, 0) is 36.1 Å². The molecule has 0 saturated carbocycles. The largest absolute Gasteiger partial charge is 0.383 e. The minimum absolute atomic E-state index is 0.511.